The van der Waals surface area contributed by atoms with Crippen molar-refractivity contribution in [1.82, 2.24) is 4.90 Å². The van der Waals surface area contributed by atoms with Crippen molar-refractivity contribution >= 4 is 6.09 Å². The second-order valence-electron chi connectivity index (χ2n) is 6.95. The van der Waals surface area contributed by atoms with Crippen LogP contribution in [0.3, 0.4) is 0 Å². The van der Waals surface area contributed by atoms with Crippen LogP contribution in [-0.2, 0) is 4.74 Å². The predicted octanol–water partition coefficient (Wildman–Crippen LogP) is 4.16. The summed E-state index contributed by atoms with van der Waals surface area (Å²) in [6.07, 6.45) is 2.69. The lowest BCUT2D eigenvalue weighted by atomic mass is 10.1. The van der Waals surface area contributed by atoms with Crippen LogP contribution in [0.1, 0.15) is 45.6 Å². The monoisotopic (exact) mass is 305 g/mol. The Bertz CT molecular complexity index is 490. The van der Waals surface area contributed by atoms with Gasteiger partial charge in [0.1, 0.15) is 17.5 Å². The van der Waals surface area contributed by atoms with E-state index in [1.165, 1.54) is 5.56 Å². The Balaban J connectivity index is 1.87. The number of carbonyl (C=O) groups is 1. The lowest BCUT2D eigenvalue weighted by molar-refractivity contribution is 0.0252. The summed E-state index contributed by atoms with van der Waals surface area (Å²) in [6, 6.07) is 8.12. The van der Waals surface area contributed by atoms with E-state index < -0.39 is 5.60 Å². The second kappa shape index (κ2) is 7.03. The molecule has 0 spiro atoms. The number of nitrogens with zero attached hydrogens (tertiary/aromatic N) is 1. The molecule has 22 heavy (non-hydrogen) atoms. The summed E-state index contributed by atoms with van der Waals surface area (Å²) in [5.41, 5.74) is 0.783. The van der Waals surface area contributed by atoms with Crippen molar-refractivity contribution in [3.8, 4) is 5.75 Å². The number of aryl methyl sites for hydroxylation is 1. The van der Waals surface area contributed by atoms with Gasteiger partial charge in [-0.25, -0.2) is 4.79 Å². The van der Waals surface area contributed by atoms with Gasteiger partial charge in [-0.2, -0.15) is 0 Å². The Morgan fingerprint density at radius 1 is 1.14 bits per heavy atom. The molecule has 1 heterocycles. The minimum absolute atomic E-state index is 0.162. The molecule has 1 fully saturated rings. The number of hydrogen-bond donors (Lipinski definition) is 0. The molecule has 0 bridgehead atoms. The highest BCUT2D eigenvalue weighted by Crippen LogP contribution is 2.21. The molecule has 0 aromatic heterocycles. The van der Waals surface area contributed by atoms with Gasteiger partial charge in [0.25, 0.3) is 0 Å². The molecule has 0 N–H and O–H groups in total. The zero-order valence-corrected chi connectivity index (χ0v) is 14.1. The summed E-state index contributed by atoms with van der Waals surface area (Å²) < 4.78 is 11.5. The lowest BCUT2D eigenvalue weighted by Gasteiger charge is -2.26. The number of amides is 1. The van der Waals surface area contributed by atoms with E-state index in [0.29, 0.717) is 6.54 Å². The van der Waals surface area contributed by atoms with Crippen LogP contribution in [0.2, 0.25) is 0 Å². The second-order valence-corrected chi connectivity index (χ2v) is 6.95. The van der Waals surface area contributed by atoms with E-state index in [1.54, 1.807) is 4.90 Å². The molecule has 1 aliphatic heterocycles. The quantitative estimate of drug-likeness (QED) is 0.823. The fraction of sp³-hybridized carbons (Fsp3) is 0.611. The van der Waals surface area contributed by atoms with Crippen molar-refractivity contribution in [2.45, 2.75) is 58.7 Å². The first-order valence-corrected chi connectivity index (χ1v) is 8.05. The number of likely N-dealkylation sites (tertiary alicyclic amines) is 1. The van der Waals surface area contributed by atoms with E-state index in [9.17, 15) is 4.79 Å². The summed E-state index contributed by atoms with van der Waals surface area (Å²) in [6.45, 7) is 9.17. The first-order valence-electron chi connectivity index (χ1n) is 8.05. The molecule has 0 radical (unpaired) electrons. The largest absolute Gasteiger partial charge is 0.490 e. The topological polar surface area (TPSA) is 38.8 Å². The Morgan fingerprint density at radius 3 is 2.45 bits per heavy atom. The molecule has 1 aliphatic rings. The van der Waals surface area contributed by atoms with E-state index in [1.807, 2.05) is 32.9 Å². The third kappa shape index (κ3) is 5.24. The highest BCUT2D eigenvalue weighted by atomic mass is 16.6. The van der Waals surface area contributed by atoms with Gasteiger partial charge >= 0.3 is 6.09 Å². The average Bonchev–Trinajstić information content (AvgIpc) is 2.65. The molecule has 4 nitrogen and oxygen atoms in total. The fourth-order valence-corrected chi connectivity index (χ4v) is 2.50. The van der Waals surface area contributed by atoms with E-state index in [4.69, 9.17) is 9.47 Å². The fourth-order valence-electron chi connectivity index (χ4n) is 2.50. The van der Waals surface area contributed by atoms with Crippen LogP contribution in [0.5, 0.6) is 5.75 Å². The molecule has 1 amide bonds. The van der Waals surface area contributed by atoms with E-state index >= 15 is 0 Å². The van der Waals surface area contributed by atoms with Crippen LogP contribution in [0.4, 0.5) is 4.79 Å². The first-order chi connectivity index (χ1) is 10.3. The standard InChI is InChI=1S/C18H27NO3/c1-14-7-9-16(10-8-14)21-15-6-5-12-19(13-11-15)17(20)22-18(2,3)4/h7-10,15H,5-6,11-13H2,1-4H3. The SMILES string of the molecule is Cc1ccc(OC2CCCN(C(=O)OC(C)(C)C)CC2)cc1. The summed E-state index contributed by atoms with van der Waals surface area (Å²) in [4.78, 5) is 13.9. The summed E-state index contributed by atoms with van der Waals surface area (Å²) in [5.74, 6) is 0.904. The van der Waals surface area contributed by atoms with Gasteiger partial charge in [-0.05, 0) is 52.7 Å². The Morgan fingerprint density at radius 2 is 1.82 bits per heavy atom. The molecule has 1 unspecified atom stereocenters. The third-order valence-corrected chi connectivity index (χ3v) is 3.65. The molecule has 1 atom stereocenters. The minimum Gasteiger partial charge on any atom is -0.490 e. The van der Waals surface area contributed by atoms with Crippen LogP contribution < -0.4 is 4.74 Å². The van der Waals surface area contributed by atoms with Crippen molar-refractivity contribution < 1.29 is 14.3 Å². The van der Waals surface area contributed by atoms with Gasteiger partial charge in [-0.15, -0.1) is 0 Å². The van der Waals surface area contributed by atoms with Crippen molar-refractivity contribution in [2.24, 2.45) is 0 Å². The Labute approximate surface area is 133 Å². The van der Waals surface area contributed by atoms with Crippen LogP contribution in [0.15, 0.2) is 24.3 Å². The molecular weight excluding hydrogens is 278 g/mol. The van der Waals surface area contributed by atoms with Gasteiger partial charge in [0.15, 0.2) is 0 Å². The highest BCUT2D eigenvalue weighted by molar-refractivity contribution is 5.68. The third-order valence-electron chi connectivity index (χ3n) is 3.65. The number of rotatable bonds is 2. The van der Waals surface area contributed by atoms with E-state index in [-0.39, 0.29) is 12.2 Å². The zero-order chi connectivity index (χ0) is 16.2. The zero-order valence-electron chi connectivity index (χ0n) is 14.1. The Kier molecular flexibility index (Phi) is 5.33. The van der Waals surface area contributed by atoms with Crippen LogP contribution in [0.25, 0.3) is 0 Å². The summed E-state index contributed by atoms with van der Waals surface area (Å²) in [5, 5.41) is 0. The number of ether oxygens (including phenoxy) is 2. The Hall–Kier alpha value is -1.71. The average molecular weight is 305 g/mol. The number of hydrogen-bond acceptors (Lipinski definition) is 3. The maximum Gasteiger partial charge on any atom is 0.410 e. The maximum absolute atomic E-state index is 12.1. The molecule has 122 valence electrons. The molecule has 2 rings (SSSR count). The lowest BCUT2D eigenvalue weighted by Crippen LogP contribution is -2.37. The van der Waals surface area contributed by atoms with Crippen molar-refractivity contribution in [2.75, 3.05) is 13.1 Å². The number of carbonyl (C=O) groups excluding carboxylic acids is 1. The molecule has 0 saturated carbocycles. The van der Waals surface area contributed by atoms with Crippen LogP contribution >= 0.6 is 0 Å². The molecule has 1 aromatic carbocycles. The van der Waals surface area contributed by atoms with Crippen LogP contribution in [0, 0.1) is 6.92 Å². The molecular formula is C18H27NO3. The molecule has 0 aliphatic carbocycles. The minimum atomic E-state index is -0.443. The normalized spacial score (nSPS) is 19.5. The van der Waals surface area contributed by atoms with E-state index in [2.05, 4.69) is 19.1 Å². The smallest absolute Gasteiger partial charge is 0.410 e. The van der Waals surface area contributed by atoms with Gasteiger partial charge in [0.05, 0.1) is 0 Å². The van der Waals surface area contributed by atoms with E-state index in [0.717, 1.165) is 31.6 Å². The van der Waals surface area contributed by atoms with Gasteiger partial charge in [-0.1, -0.05) is 17.7 Å². The van der Waals surface area contributed by atoms with Crippen LogP contribution in [-0.4, -0.2) is 35.8 Å². The van der Waals surface area contributed by atoms with Gasteiger partial charge < -0.3 is 14.4 Å². The summed E-state index contributed by atoms with van der Waals surface area (Å²) >= 11 is 0. The van der Waals surface area contributed by atoms with Gasteiger partial charge in [0, 0.05) is 19.5 Å². The predicted molar refractivity (Wildman–Crippen MR) is 87.3 cm³/mol. The van der Waals surface area contributed by atoms with Crippen molar-refractivity contribution in [3.05, 3.63) is 29.8 Å². The number of benzene rings is 1. The molecule has 4 heteroatoms. The van der Waals surface area contributed by atoms with Gasteiger partial charge in [-0.3, -0.25) is 0 Å². The highest BCUT2D eigenvalue weighted by Gasteiger charge is 2.25. The van der Waals surface area contributed by atoms with Crippen molar-refractivity contribution in [1.29, 1.82) is 0 Å². The molecule has 1 saturated heterocycles. The first kappa shape index (κ1) is 16.7. The van der Waals surface area contributed by atoms with Crippen molar-refractivity contribution in [3.63, 3.8) is 0 Å². The molecule has 1 aromatic rings. The summed E-state index contributed by atoms with van der Waals surface area (Å²) in [7, 11) is 0. The maximum atomic E-state index is 12.1. The van der Waals surface area contributed by atoms with Gasteiger partial charge in [0.2, 0.25) is 0 Å².